The van der Waals surface area contributed by atoms with E-state index in [0.717, 1.165) is 12.0 Å². The number of rotatable bonds is 3. The number of aromatic nitrogens is 2. The molecule has 2 rings (SSSR count). The average Bonchev–Trinajstić information content (AvgIpc) is 2.68. The maximum absolute atomic E-state index is 11.5. The molecule has 16 heavy (non-hydrogen) atoms. The summed E-state index contributed by atoms with van der Waals surface area (Å²) in [5, 5.41) is 4.00. The molecular weight excluding hydrogens is 226 g/mol. The Labute approximate surface area is 95.2 Å². The van der Waals surface area contributed by atoms with Crippen molar-refractivity contribution in [1.82, 2.24) is 9.55 Å². The minimum Gasteiger partial charge on any atom is -0.385 e. The van der Waals surface area contributed by atoms with Crippen molar-refractivity contribution in [1.29, 1.82) is 0 Å². The van der Waals surface area contributed by atoms with Crippen LogP contribution in [0.1, 0.15) is 5.56 Å². The molecule has 3 N–H and O–H groups in total. The van der Waals surface area contributed by atoms with Gasteiger partial charge < -0.3 is 5.73 Å². The lowest BCUT2D eigenvalue weighted by molar-refractivity contribution is 0.656. The van der Waals surface area contributed by atoms with E-state index in [0.29, 0.717) is 6.54 Å². The van der Waals surface area contributed by atoms with Crippen molar-refractivity contribution in [3.63, 3.8) is 0 Å². The Bertz CT molecular complexity index is 583. The first-order valence-electron chi connectivity index (χ1n) is 4.77. The fourth-order valence-electron chi connectivity index (χ4n) is 1.44. The molecule has 0 atom stereocenters. The molecule has 6 heteroatoms. The summed E-state index contributed by atoms with van der Waals surface area (Å²) in [6.45, 7) is 0.470. The summed E-state index contributed by atoms with van der Waals surface area (Å²) in [5.74, 6) is 0.198. The minimum absolute atomic E-state index is 0.198. The van der Waals surface area contributed by atoms with Crippen molar-refractivity contribution in [2.75, 3.05) is 5.73 Å². The number of H-pyrrole nitrogens is 1. The number of thiophene rings is 1. The highest BCUT2D eigenvalue weighted by molar-refractivity contribution is 7.07. The van der Waals surface area contributed by atoms with Crippen LogP contribution in [0.4, 0.5) is 5.82 Å². The SMILES string of the molecule is Nc1cc(=O)[nH]c(=O)n1CCc1ccsc1. The number of nitrogens with zero attached hydrogens (tertiary/aromatic N) is 1. The third kappa shape index (κ3) is 2.22. The molecule has 0 bridgehead atoms. The number of nitrogen functional groups attached to an aromatic ring is 1. The van der Waals surface area contributed by atoms with Gasteiger partial charge in [0.05, 0.1) is 0 Å². The van der Waals surface area contributed by atoms with Gasteiger partial charge in [0, 0.05) is 12.6 Å². The van der Waals surface area contributed by atoms with Gasteiger partial charge in [-0.15, -0.1) is 0 Å². The lowest BCUT2D eigenvalue weighted by Crippen LogP contribution is -2.31. The topological polar surface area (TPSA) is 80.9 Å². The molecule has 0 aliphatic rings. The lowest BCUT2D eigenvalue weighted by atomic mass is 10.2. The molecule has 0 spiro atoms. The van der Waals surface area contributed by atoms with Gasteiger partial charge in [-0.25, -0.2) is 4.79 Å². The number of hydrogen-bond donors (Lipinski definition) is 2. The zero-order valence-corrected chi connectivity index (χ0v) is 9.29. The lowest BCUT2D eigenvalue weighted by Gasteiger charge is -2.06. The summed E-state index contributed by atoms with van der Waals surface area (Å²) in [5.41, 5.74) is 5.84. The van der Waals surface area contributed by atoms with E-state index in [9.17, 15) is 9.59 Å². The van der Waals surface area contributed by atoms with Gasteiger partial charge in [0.1, 0.15) is 5.82 Å². The molecule has 0 amide bonds. The second-order valence-corrected chi connectivity index (χ2v) is 4.18. The molecule has 0 fully saturated rings. The maximum atomic E-state index is 11.5. The van der Waals surface area contributed by atoms with E-state index in [1.54, 1.807) is 11.3 Å². The molecule has 0 radical (unpaired) electrons. The van der Waals surface area contributed by atoms with Crippen LogP contribution < -0.4 is 17.0 Å². The summed E-state index contributed by atoms with van der Waals surface area (Å²) in [4.78, 5) is 24.6. The molecule has 0 aromatic carbocycles. The Morgan fingerprint density at radius 3 is 2.88 bits per heavy atom. The molecule has 0 aliphatic carbocycles. The average molecular weight is 237 g/mol. The molecule has 84 valence electrons. The number of anilines is 1. The van der Waals surface area contributed by atoms with E-state index < -0.39 is 11.2 Å². The van der Waals surface area contributed by atoms with Crippen molar-refractivity contribution in [2.45, 2.75) is 13.0 Å². The number of nitrogens with one attached hydrogen (secondary N) is 1. The molecular formula is C10H11N3O2S. The maximum Gasteiger partial charge on any atom is 0.329 e. The summed E-state index contributed by atoms with van der Waals surface area (Å²) in [6, 6.07) is 3.21. The zero-order valence-electron chi connectivity index (χ0n) is 8.47. The zero-order chi connectivity index (χ0) is 11.5. The van der Waals surface area contributed by atoms with Crippen LogP contribution in [0.5, 0.6) is 0 Å². The van der Waals surface area contributed by atoms with Gasteiger partial charge in [-0.05, 0) is 28.8 Å². The smallest absolute Gasteiger partial charge is 0.329 e. The quantitative estimate of drug-likeness (QED) is 0.812. The third-order valence-electron chi connectivity index (χ3n) is 2.27. The van der Waals surface area contributed by atoms with Crippen molar-refractivity contribution in [3.8, 4) is 0 Å². The number of aryl methyl sites for hydroxylation is 1. The van der Waals surface area contributed by atoms with E-state index in [-0.39, 0.29) is 5.82 Å². The highest BCUT2D eigenvalue weighted by atomic mass is 32.1. The van der Waals surface area contributed by atoms with Crippen LogP contribution in [-0.4, -0.2) is 9.55 Å². The normalized spacial score (nSPS) is 10.5. The summed E-state index contributed by atoms with van der Waals surface area (Å²) in [6.07, 6.45) is 0.722. The molecule has 0 saturated heterocycles. The Hall–Kier alpha value is -1.82. The molecule has 2 heterocycles. The van der Waals surface area contributed by atoms with Crippen LogP contribution in [0.15, 0.2) is 32.5 Å². The van der Waals surface area contributed by atoms with Crippen LogP contribution in [-0.2, 0) is 13.0 Å². The first-order valence-corrected chi connectivity index (χ1v) is 5.72. The summed E-state index contributed by atoms with van der Waals surface area (Å²) < 4.78 is 1.36. The number of hydrogen-bond acceptors (Lipinski definition) is 4. The van der Waals surface area contributed by atoms with Gasteiger partial charge >= 0.3 is 5.69 Å². The second-order valence-electron chi connectivity index (χ2n) is 3.40. The minimum atomic E-state index is -0.464. The summed E-state index contributed by atoms with van der Waals surface area (Å²) >= 11 is 1.61. The molecule has 5 nitrogen and oxygen atoms in total. The molecule has 2 aromatic heterocycles. The first-order chi connectivity index (χ1) is 7.66. The van der Waals surface area contributed by atoms with E-state index in [1.807, 2.05) is 16.8 Å². The molecule has 0 aliphatic heterocycles. The van der Waals surface area contributed by atoms with E-state index in [4.69, 9.17) is 5.73 Å². The van der Waals surface area contributed by atoms with Crippen molar-refractivity contribution in [2.24, 2.45) is 0 Å². The van der Waals surface area contributed by atoms with Crippen molar-refractivity contribution >= 4 is 17.2 Å². The Morgan fingerprint density at radius 1 is 1.44 bits per heavy atom. The van der Waals surface area contributed by atoms with Crippen molar-refractivity contribution in [3.05, 3.63) is 49.3 Å². The van der Waals surface area contributed by atoms with E-state index >= 15 is 0 Å². The first kappa shape index (κ1) is 10.7. The van der Waals surface area contributed by atoms with E-state index in [2.05, 4.69) is 4.98 Å². The second kappa shape index (κ2) is 4.36. The van der Waals surface area contributed by atoms with Gasteiger partial charge in [-0.2, -0.15) is 11.3 Å². The Morgan fingerprint density at radius 2 is 2.25 bits per heavy atom. The van der Waals surface area contributed by atoms with Gasteiger partial charge in [0.25, 0.3) is 5.56 Å². The largest absolute Gasteiger partial charge is 0.385 e. The van der Waals surface area contributed by atoms with Crippen LogP contribution in [0.3, 0.4) is 0 Å². The van der Waals surface area contributed by atoms with Crippen LogP contribution in [0.25, 0.3) is 0 Å². The summed E-state index contributed by atoms with van der Waals surface area (Å²) in [7, 11) is 0. The fourth-order valence-corrected chi connectivity index (χ4v) is 2.15. The van der Waals surface area contributed by atoms with E-state index in [1.165, 1.54) is 10.6 Å². The highest BCUT2D eigenvalue weighted by Gasteiger charge is 2.03. The Kier molecular flexibility index (Phi) is 2.91. The molecule has 0 unspecified atom stereocenters. The van der Waals surface area contributed by atoms with Gasteiger partial charge in [0.15, 0.2) is 0 Å². The highest BCUT2D eigenvalue weighted by Crippen LogP contribution is 2.07. The fraction of sp³-hybridized carbons (Fsp3) is 0.200. The van der Waals surface area contributed by atoms with Crippen LogP contribution in [0.2, 0.25) is 0 Å². The van der Waals surface area contributed by atoms with Crippen LogP contribution in [0, 0.1) is 0 Å². The molecule has 2 aromatic rings. The monoisotopic (exact) mass is 237 g/mol. The predicted molar refractivity (Wildman–Crippen MR) is 63.8 cm³/mol. The van der Waals surface area contributed by atoms with Gasteiger partial charge in [-0.3, -0.25) is 14.3 Å². The number of nitrogens with two attached hydrogens (primary N) is 1. The van der Waals surface area contributed by atoms with Crippen LogP contribution >= 0.6 is 11.3 Å². The van der Waals surface area contributed by atoms with Crippen molar-refractivity contribution < 1.29 is 0 Å². The predicted octanol–water partition coefficient (Wildman–Crippen LogP) is 0.423. The standard InChI is InChI=1S/C10H11N3O2S/c11-8-5-9(14)12-10(15)13(8)3-1-7-2-4-16-6-7/h2,4-6H,1,3,11H2,(H,12,14,15). The van der Waals surface area contributed by atoms with Gasteiger partial charge in [0.2, 0.25) is 0 Å². The number of aromatic amines is 1. The Balaban J connectivity index is 2.22. The third-order valence-corrected chi connectivity index (χ3v) is 3.00. The van der Waals surface area contributed by atoms with Gasteiger partial charge in [-0.1, -0.05) is 0 Å². The molecule has 0 saturated carbocycles.